The van der Waals surface area contributed by atoms with Crippen LogP contribution in [0, 0.1) is 18.6 Å². The zero-order chi connectivity index (χ0) is 27.5. The molecule has 38 heavy (non-hydrogen) atoms. The molecule has 1 unspecified atom stereocenters. The molecule has 1 aliphatic rings. The Morgan fingerprint density at radius 3 is 2.45 bits per heavy atom. The van der Waals surface area contributed by atoms with Crippen molar-refractivity contribution in [3.63, 3.8) is 0 Å². The number of hydrogen-bond donors (Lipinski definition) is 3. The van der Waals surface area contributed by atoms with Gasteiger partial charge in [-0.25, -0.2) is 18.7 Å². The van der Waals surface area contributed by atoms with Crippen molar-refractivity contribution >= 4 is 23.2 Å². The largest absolute Gasteiger partial charge is 0.418 e. The molecule has 2 amide bonds. The van der Waals surface area contributed by atoms with Crippen molar-refractivity contribution in [2.24, 2.45) is 0 Å². The summed E-state index contributed by atoms with van der Waals surface area (Å²) in [6.45, 7) is 1.52. The summed E-state index contributed by atoms with van der Waals surface area (Å²) in [5, 5.41) is 7.68. The van der Waals surface area contributed by atoms with Crippen LogP contribution in [-0.2, 0) is 22.3 Å². The van der Waals surface area contributed by atoms with E-state index >= 15 is 0 Å². The van der Waals surface area contributed by atoms with Crippen LogP contribution in [-0.4, -0.2) is 40.5 Å². The van der Waals surface area contributed by atoms with Crippen molar-refractivity contribution < 1.29 is 36.3 Å². The van der Waals surface area contributed by atoms with Gasteiger partial charge in [-0.3, -0.25) is 9.59 Å². The lowest BCUT2D eigenvalue weighted by molar-refractivity contribution is -0.137. The molecule has 1 saturated heterocycles. The fourth-order valence-corrected chi connectivity index (χ4v) is 3.83. The van der Waals surface area contributed by atoms with E-state index in [0.29, 0.717) is 11.9 Å². The smallest absolute Gasteiger partial charge is 0.378 e. The number of nitrogens with zero attached hydrogens (tertiary/aromatic N) is 2. The van der Waals surface area contributed by atoms with Gasteiger partial charge < -0.3 is 20.7 Å². The maximum atomic E-state index is 14.8. The van der Waals surface area contributed by atoms with E-state index in [1.165, 1.54) is 24.5 Å². The van der Waals surface area contributed by atoms with Gasteiger partial charge in [0.2, 0.25) is 5.91 Å². The molecule has 3 aromatic rings. The molecule has 1 atom stereocenters. The van der Waals surface area contributed by atoms with E-state index in [0.717, 1.165) is 18.2 Å². The molecule has 2 aromatic carbocycles. The number of carbonyl (C=O) groups excluding carboxylic acids is 2. The van der Waals surface area contributed by atoms with Gasteiger partial charge in [0, 0.05) is 43.2 Å². The lowest BCUT2D eigenvalue weighted by Gasteiger charge is -2.27. The number of nitrogens with one attached hydrogen (secondary N) is 3. The Morgan fingerprint density at radius 2 is 1.82 bits per heavy atom. The van der Waals surface area contributed by atoms with Gasteiger partial charge in [-0.2, -0.15) is 13.2 Å². The summed E-state index contributed by atoms with van der Waals surface area (Å²) in [4.78, 5) is 33.6. The number of alkyl halides is 3. The molecule has 0 saturated carbocycles. The molecule has 1 aromatic heterocycles. The highest BCUT2D eigenvalue weighted by Gasteiger charge is 2.44. The number of aryl methyl sites for hydroxylation is 1. The lowest BCUT2D eigenvalue weighted by atomic mass is 9.96. The summed E-state index contributed by atoms with van der Waals surface area (Å²) in [7, 11) is 0. The minimum absolute atomic E-state index is 0.0112. The molecule has 2 heterocycles. The van der Waals surface area contributed by atoms with Gasteiger partial charge in [0.05, 0.1) is 23.4 Å². The van der Waals surface area contributed by atoms with E-state index in [4.69, 9.17) is 4.74 Å². The lowest BCUT2D eigenvalue weighted by Crippen LogP contribution is -2.59. The Balaban J connectivity index is 1.44. The van der Waals surface area contributed by atoms with Crippen molar-refractivity contribution in [2.45, 2.75) is 31.6 Å². The normalized spacial score (nSPS) is 17.2. The number of anilines is 2. The number of halogens is 5. The second-order valence-electron chi connectivity index (χ2n) is 8.66. The maximum Gasteiger partial charge on any atom is 0.418 e. The first kappa shape index (κ1) is 26.9. The molecule has 200 valence electrons. The first-order valence-corrected chi connectivity index (χ1v) is 11.4. The molecular formula is C25H22F5N5O3. The minimum atomic E-state index is -4.82. The molecule has 1 aliphatic heterocycles. The fraction of sp³-hybridized carbons (Fsp3) is 0.280. The van der Waals surface area contributed by atoms with Crippen molar-refractivity contribution in [1.29, 1.82) is 0 Å². The first-order chi connectivity index (χ1) is 18.0. The number of carbonyl (C=O) groups is 2. The molecule has 4 rings (SSSR count). The van der Waals surface area contributed by atoms with Crippen LogP contribution < -0.4 is 16.0 Å². The van der Waals surface area contributed by atoms with Crippen LogP contribution in [0.3, 0.4) is 0 Å². The van der Waals surface area contributed by atoms with Crippen LogP contribution in [0.5, 0.6) is 0 Å². The highest BCUT2D eigenvalue weighted by atomic mass is 19.4. The summed E-state index contributed by atoms with van der Waals surface area (Å²) < 4.78 is 73.1. The SMILES string of the molecule is Cc1ncc(C(=O)NC2(C(=O)NCc3ccc(Nc4ccc(F)cc4C(F)(F)F)cc3F)CCOC2)cn1. The Bertz CT molecular complexity index is 1340. The highest BCUT2D eigenvalue weighted by Crippen LogP contribution is 2.36. The molecule has 0 aliphatic carbocycles. The third kappa shape index (κ3) is 6.05. The van der Waals surface area contributed by atoms with Gasteiger partial charge in [-0.05, 0) is 37.3 Å². The number of benzene rings is 2. The minimum Gasteiger partial charge on any atom is -0.378 e. The highest BCUT2D eigenvalue weighted by molar-refractivity contribution is 5.99. The summed E-state index contributed by atoms with van der Waals surface area (Å²) in [6, 6.07) is 5.67. The Kier molecular flexibility index (Phi) is 7.58. The summed E-state index contributed by atoms with van der Waals surface area (Å²) in [5.74, 6) is -2.57. The predicted molar refractivity (Wildman–Crippen MR) is 125 cm³/mol. The molecule has 0 radical (unpaired) electrons. The van der Waals surface area contributed by atoms with Gasteiger partial charge in [0.1, 0.15) is 23.0 Å². The number of aromatic nitrogens is 2. The van der Waals surface area contributed by atoms with Gasteiger partial charge in [0.25, 0.3) is 5.91 Å². The number of rotatable bonds is 7. The zero-order valence-electron chi connectivity index (χ0n) is 20.0. The van der Waals surface area contributed by atoms with Gasteiger partial charge in [-0.1, -0.05) is 6.07 Å². The van der Waals surface area contributed by atoms with E-state index in [-0.39, 0.29) is 43.0 Å². The van der Waals surface area contributed by atoms with Crippen molar-refractivity contribution in [1.82, 2.24) is 20.6 Å². The van der Waals surface area contributed by atoms with Gasteiger partial charge in [0.15, 0.2) is 0 Å². The molecule has 0 bridgehead atoms. The zero-order valence-corrected chi connectivity index (χ0v) is 20.0. The second-order valence-corrected chi connectivity index (χ2v) is 8.66. The molecular weight excluding hydrogens is 513 g/mol. The van der Waals surface area contributed by atoms with E-state index in [9.17, 15) is 31.5 Å². The van der Waals surface area contributed by atoms with Crippen molar-refractivity contribution in [3.05, 3.63) is 82.9 Å². The second kappa shape index (κ2) is 10.7. The number of hydrogen-bond acceptors (Lipinski definition) is 6. The number of ether oxygens (including phenoxy) is 1. The maximum absolute atomic E-state index is 14.8. The van der Waals surface area contributed by atoms with Crippen LogP contribution in [0.15, 0.2) is 48.8 Å². The van der Waals surface area contributed by atoms with Crippen molar-refractivity contribution in [3.8, 4) is 0 Å². The third-order valence-electron chi connectivity index (χ3n) is 5.91. The quantitative estimate of drug-likeness (QED) is 0.395. The molecule has 13 heteroatoms. The van der Waals surface area contributed by atoms with E-state index in [2.05, 4.69) is 25.9 Å². The van der Waals surface area contributed by atoms with Gasteiger partial charge in [-0.15, -0.1) is 0 Å². The predicted octanol–water partition coefficient (Wildman–Crippen LogP) is 4.03. The Labute approximate surface area is 213 Å². The first-order valence-electron chi connectivity index (χ1n) is 11.4. The van der Waals surface area contributed by atoms with Gasteiger partial charge >= 0.3 is 6.18 Å². The Hall–Kier alpha value is -4.13. The van der Waals surface area contributed by atoms with E-state index in [1.54, 1.807) is 6.92 Å². The standard InChI is InChI=1S/C25H22F5N5O3/c1-14-31-11-16(12-32-14)22(36)35-24(6-7-38-13-24)23(37)33-10-15-2-4-18(9-20(15)27)34-21-5-3-17(26)8-19(21)25(28,29)30/h2-5,8-9,11-12,34H,6-7,10,13H2,1H3,(H,33,37)(H,35,36). The average molecular weight is 535 g/mol. The molecule has 1 fully saturated rings. The molecule has 3 N–H and O–H groups in total. The monoisotopic (exact) mass is 535 g/mol. The van der Waals surface area contributed by atoms with Crippen LogP contribution >= 0.6 is 0 Å². The summed E-state index contributed by atoms with van der Waals surface area (Å²) in [6.07, 6.45) is -1.99. The summed E-state index contributed by atoms with van der Waals surface area (Å²) >= 11 is 0. The average Bonchev–Trinajstić information content (AvgIpc) is 3.34. The van der Waals surface area contributed by atoms with Crippen LogP contribution in [0.1, 0.15) is 33.7 Å². The van der Waals surface area contributed by atoms with Crippen LogP contribution in [0.25, 0.3) is 0 Å². The summed E-state index contributed by atoms with van der Waals surface area (Å²) in [5.41, 5.74) is -2.89. The fourth-order valence-electron chi connectivity index (χ4n) is 3.83. The van der Waals surface area contributed by atoms with Crippen LogP contribution in [0.2, 0.25) is 0 Å². The molecule has 0 spiro atoms. The third-order valence-corrected chi connectivity index (χ3v) is 5.91. The van der Waals surface area contributed by atoms with Crippen molar-refractivity contribution in [2.75, 3.05) is 18.5 Å². The Morgan fingerprint density at radius 1 is 1.08 bits per heavy atom. The molecule has 8 nitrogen and oxygen atoms in total. The number of amides is 2. The van der Waals surface area contributed by atoms with Crippen LogP contribution in [0.4, 0.5) is 33.3 Å². The van der Waals surface area contributed by atoms with E-state index < -0.39 is 46.4 Å². The topological polar surface area (TPSA) is 105 Å². The van der Waals surface area contributed by atoms with E-state index in [1.807, 2.05) is 0 Å².